The van der Waals surface area contributed by atoms with Gasteiger partial charge in [-0.15, -0.1) is 0 Å². The molecule has 0 fully saturated rings. The van der Waals surface area contributed by atoms with Gasteiger partial charge in [0.1, 0.15) is 11.8 Å². The van der Waals surface area contributed by atoms with Gasteiger partial charge in [0, 0.05) is 11.0 Å². The minimum absolute atomic E-state index is 0.636. The van der Waals surface area contributed by atoms with E-state index in [0.717, 1.165) is 28.9 Å². The fraction of sp³-hybridized carbons (Fsp3) is 0.188. The summed E-state index contributed by atoms with van der Waals surface area (Å²) in [7, 11) is 0. The van der Waals surface area contributed by atoms with Gasteiger partial charge in [-0.3, -0.25) is 0 Å². The Morgan fingerprint density at radius 3 is 2.65 bits per heavy atom. The van der Waals surface area contributed by atoms with E-state index < -0.39 is 0 Å². The Labute approximate surface area is 127 Å². The van der Waals surface area contributed by atoms with Gasteiger partial charge in [0.2, 0.25) is 0 Å². The van der Waals surface area contributed by atoms with Crippen molar-refractivity contribution < 1.29 is 4.74 Å². The molecule has 2 aromatic rings. The SMILES string of the molecule is N#Cc1c(Br)cccc1NCCCOc1ccccc1. The topological polar surface area (TPSA) is 45.0 Å². The molecule has 0 bridgehead atoms. The Bertz CT molecular complexity index is 593. The van der Waals surface area contributed by atoms with Crippen molar-refractivity contribution in [2.45, 2.75) is 6.42 Å². The number of nitriles is 1. The first-order chi connectivity index (χ1) is 9.81. The number of rotatable bonds is 6. The van der Waals surface area contributed by atoms with E-state index in [0.29, 0.717) is 12.2 Å². The van der Waals surface area contributed by atoms with E-state index in [1.54, 1.807) is 0 Å². The molecule has 4 heteroatoms. The lowest BCUT2D eigenvalue weighted by Crippen LogP contribution is -2.08. The van der Waals surface area contributed by atoms with Crippen molar-refractivity contribution in [1.29, 1.82) is 5.26 Å². The van der Waals surface area contributed by atoms with Crippen molar-refractivity contribution >= 4 is 21.6 Å². The van der Waals surface area contributed by atoms with Gasteiger partial charge in [-0.25, -0.2) is 0 Å². The molecule has 0 saturated carbocycles. The molecule has 0 unspecified atom stereocenters. The monoisotopic (exact) mass is 330 g/mol. The summed E-state index contributed by atoms with van der Waals surface area (Å²) >= 11 is 3.37. The standard InChI is InChI=1S/C16H15BrN2O/c17-15-8-4-9-16(14(15)12-18)19-10-5-11-20-13-6-2-1-3-7-13/h1-4,6-9,19H,5,10-11H2. The number of benzene rings is 2. The van der Waals surface area contributed by atoms with Crippen molar-refractivity contribution in [3.8, 4) is 11.8 Å². The third-order valence-corrected chi connectivity index (χ3v) is 3.43. The van der Waals surface area contributed by atoms with Gasteiger partial charge in [0.05, 0.1) is 17.9 Å². The predicted octanol–water partition coefficient (Wildman–Crippen LogP) is 4.20. The molecule has 2 rings (SSSR count). The summed E-state index contributed by atoms with van der Waals surface area (Å²) in [6, 6.07) is 17.6. The Morgan fingerprint density at radius 2 is 1.90 bits per heavy atom. The molecule has 0 spiro atoms. The Hall–Kier alpha value is -1.99. The summed E-state index contributed by atoms with van der Waals surface area (Å²) in [6.45, 7) is 1.41. The van der Waals surface area contributed by atoms with Gasteiger partial charge in [0.25, 0.3) is 0 Å². The third-order valence-electron chi connectivity index (χ3n) is 2.77. The number of ether oxygens (including phenoxy) is 1. The maximum atomic E-state index is 9.11. The zero-order valence-electron chi connectivity index (χ0n) is 11.0. The average molecular weight is 331 g/mol. The molecule has 0 aromatic heterocycles. The molecule has 2 aromatic carbocycles. The van der Waals surface area contributed by atoms with Crippen LogP contribution in [0.25, 0.3) is 0 Å². The number of para-hydroxylation sites is 1. The smallest absolute Gasteiger partial charge is 0.119 e. The third kappa shape index (κ3) is 4.01. The second-order valence-electron chi connectivity index (χ2n) is 4.22. The summed E-state index contributed by atoms with van der Waals surface area (Å²) in [5.74, 6) is 0.882. The van der Waals surface area contributed by atoms with Crippen LogP contribution in [-0.4, -0.2) is 13.2 Å². The van der Waals surface area contributed by atoms with E-state index in [4.69, 9.17) is 10.00 Å². The quantitative estimate of drug-likeness (QED) is 0.807. The highest BCUT2D eigenvalue weighted by Crippen LogP contribution is 2.23. The van der Waals surface area contributed by atoms with Crippen LogP contribution < -0.4 is 10.1 Å². The molecular weight excluding hydrogens is 316 g/mol. The number of nitrogens with zero attached hydrogens (tertiary/aromatic N) is 1. The summed E-state index contributed by atoms with van der Waals surface area (Å²) in [6.07, 6.45) is 0.867. The van der Waals surface area contributed by atoms with E-state index in [-0.39, 0.29) is 0 Å². The van der Waals surface area contributed by atoms with Gasteiger partial charge in [-0.2, -0.15) is 5.26 Å². The first-order valence-corrected chi connectivity index (χ1v) is 7.21. The number of hydrogen-bond donors (Lipinski definition) is 1. The molecule has 0 saturated heterocycles. The fourth-order valence-electron chi connectivity index (χ4n) is 1.79. The highest BCUT2D eigenvalue weighted by Gasteiger charge is 2.04. The highest BCUT2D eigenvalue weighted by atomic mass is 79.9. The normalized spacial score (nSPS) is 9.80. The second kappa shape index (κ2) is 7.56. The average Bonchev–Trinajstić information content (AvgIpc) is 2.48. The van der Waals surface area contributed by atoms with Gasteiger partial charge >= 0.3 is 0 Å². The van der Waals surface area contributed by atoms with E-state index >= 15 is 0 Å². The number of nitrogens with one attached hydrogen (secondary N) is 1. The molecule has 0 radical (unpaired) electrons. The minimum Gasteiger partial charge on any atom is -0.494 e. The number of halogens is 1. The summed E-state index contributed by atoms with van der Waals surface area (Å²) in [5, 5.41) is 12.4. The van der Waals surface area contributed by atoms with Gasteiger partial charge < -0.3 is 10.1 Å². The molecule has 0 amide bonds. The van der Waals surface area contributed by atoms with Crippen LogP contribution in [0.1, 0.15) is 12.0 Å². The molecule has 102 valence electrons. The predicted molar refractivity (Wildman–Crippen MR) is 83.9 cm³/mol. The lowest BCUT2D eigenvalue weighted by molar-refractivity contribution is 0.315. The summed E-state index contributed by atoms with van der Waals surface area (Å²) in [4.78, 5) is 0. The zero-order chi connectivity index (χ0) is 14.2. The van der Waals surface area contributed by atoms with Gasteiger partial charge in [-0.1, -0.05) is 24.3 Å². The van der Waals surface area contributed by atoms with Crippen molar-refractivity contribution in [1.82, 2.24) is 0 Å². The molecule has 1 N–H and O–H groups in total. The first kappa shape index (κ1) is 14.4. The largest absolute Gasteiger partial charge is 0.494 e. The second-order valence-corrected chi connectivity index (χ2v) is 5.07. The highest BCUT2D eigenvalue weighted by molar-refractivity contribution is 9.10. The molecule has 0 atom stereocenters. The van der Waals surface area contributed by atoms with Crippen molar-refractivity contribution in [3.63, 3.8) is 0 Å². The van der Waals surface area contributed by atoms with Crippen LogP contribution in [0, 0.1) is 11.3 Å². The zero-order valence-corrected chi connectivity index (χ0v) is 12.6. The molecule has 0 aliphatic rings. The maximum Gasteiger partial charge on any atom is 0.119 e. The lowest BCUT2D eigenvalue weighted by atomic mass is 10.2. The Balaban J connectivity index is 1.77. The van der Waals surface area contributed by atoms with Crippen LogP contribution in [0.15, 0.2) is 53.0 Å². The van der Waals surface area contributed by atoms with E-state index in [2.05, 4.69) is 27.3 Å². The minimum atomic E-state index is 0.636. The van der Waals surface area contributed by atoms with Crippen molar-refractivity contribution in [3.05, 3.63) is 58.6 Å². The summed E-state index contributed by atoms with van der Waals surface area (Å²) < 4.78 is 6.42. The van der Waals surface area contributed by atoms with Crippen LogP contribution in [0.3, 0.4) is 0 Å². The van der Waals surface area contributed by atoms with Crippen LogP contribution in [0.5, 0.6) is 5.75 Å². The van der Waals surface area contributed by atoms with Crippen molar-refractivity contribution in [2.24, 2.45) is 0 Å². The van der Waals surface area contributed by atoms with Gasteiger partial charge in [0.15, 0.2) is 0 Å². The number of hydrogen-bond acceptors (Lipinski definition) is 3. The molecule has 20 heavy (non-hydrogen) atoms. The molecule has 0 aliphatic carbocycles. The Kier molecular flexibility index (Phi) is 5.45. The van der Waals surface area contributed by atoms with Crippen LogP contribution in [0.4, 0.5) is 5.69 Å². The lowest BCUT2D eigenvalue weighted by Gasteiger charge is -2.10. The first-order valence-electron chi connectivity index (χ1n) is 6.41. The van der Waals surface area contributed by atoms with Crippen LogP contribution >= 0.6 is 15.9 Å². The van der Waals surface area contributed by atoms with E-state index in [1.165, 1.54) is 0 Å². The van der Waals surface area contributed by atoms with Crippen molar-refractivity contribution in [2.75, 3.05) is 18.5 Å². The molecule has 0 heterocycles. The maximum absolute atomic E-state index is 9.11. The van der Waals surface area contributed by atoms with E-state index in [9.17, 15) is 0 Å². The van der Waals surface area contributed by atoms with Crippen LogP contribution in [-0.2, 0) is 0 Å². The van der Waals surface area contributed by atoms with Gasteiger partial charge in [-0.05, 0) is 46.6 Å². The number of anilines is 1. The molecule has 3 nitrogen and oxygen atoms in total. The fourth-order valence-corrected chi connectivity index (χ4v) is 2.24. The van der Waals surface area contributed by atoms with E-state index in [1.807, 2.05) is 48.5 Å². The van der Waals surface area contributed by atoms with Crippen LogP contribution in [0.2, 0.25) is 0 Å². The molecular formula is C16H15BrN2O. The molecule has 0 aliphatic heterocycles. The Morgan fingerprint density at radius 1 is 1.10 bits per heavy atom. The summed E-state index contributed by atoms with van der Waals surface area (Å²) in [5.41, 5.74) is 1.48.